The van der Waals surface area contributed by atoms with E-state index >= 15 is 0 Å². The van der Waals surface area contributed by atoms with Gasteiger partial charge in [0.05, 0.1) is 10.9 Å². The molecule has 4 rings (SSSR count). The van der Waals surface area contributed by atoms with E-state index in [1.165, 1.54) is 27.3 Å². The lowest BCUT2D eigenvalue weighted by atomic mass is 10.1. The van der Waals surface area contributed by atoms with Gasteiger partial charge in [0, 0.05) is 18.1 Å². The molecule has 0 saturated heterocycles. The van der Waals surface area contributed by atoms with Gasteiger partial charge < -0.3 is 5.32 Å². The third-order valence-electron chi connectivity index (χ3n) is 5.39. The van der Waals surface area contributed by atoms with Gasteiger partial charge in [0.1, 0.15) is 12.4 Å². The molecule has 168 valence electrons. The van der Waals surface area contributed by atoms with Gasteiger partial charge in [-0.25, -0.2) is 9.18 Å². The monoisotopic (exact) mass is 465 g/mol. The number of para-hydroxylation sites is 1. The first kappa shape index (κ1) is 22.5. The molecule has 6 nitrogen and oxygen atoms in total. The van der Waals surface area contributed by atoms with Crippen molar-refractivity contribution in [1.82, 2.24) is 14.5 Å². The standard InChI is InChI=1S/C25H21ClFN3O3/c26-21-14-19(27)11-10-18(21)15-28-23(31)16-30-22-9-5-4-8-20(22)24(32)29(25(30)33)13-12-17-6-2-1-3-7-17/h1-11,14H,12-13,15-16H2,(H,28,31). The van der Waals surface area contributed by atoms with E-state index in [9.17, 15) is 18.8 Å². The SMILES string of the molecule is O=C(Cn1c(=O)n(CCc2ccccc2)c(=O)c2ccccc21)NCc1ccc(F)cc1Cl. The van der Waals surface area contributed by atoms with Crippen molar-refractivity contribution in [3.63, 3.8) is 0 Å². The molecule has 0 aliphatic carbocycles. The van der Waals surface area contributed by atoms with Gasteiger partial charge in [-0.2, -0.15) is 0 Å². The second kappa shape index (κ2) is 9.83. The number of amides is 1. The predicted molar refractivity (Wildman–Crippen MR) is 126 cm³/mol. The first-order chi connectivity index (χ1) is 15.9. The normalized spacial score (nSPS) is 11.0. The molecule has 0 bridgehead atoms. The molecular weight excluding hydrogens is 445 g/mol. The number of hydrogen-bond donors (Lipinski definition) is 1. The van der Waals surface area contributed by atoms with Gasteiger partial charge in [0.25, 0.3) is 5.56 Å². The Kier molecular flexibility index (Phi) is 6.70. The quantitative estimate of drug-likeness (QED) is 0.454. The van der Waals surface area contributed by atoms with Crippen LogP contribution in [0, 0.1) is 5.82 Å². The maximum atomic E-state index is 13.2. The number of halogens is 2. The van der Waals surface area contributed by atoms with Gasteiger partial charge in [-0.3, -0.25) is 18.7 Å². The van der Waals surface area contributed by atoms with Gasteiger partial charge in [-0.1, -0.05) is 60.1 Å². The second-order valence-electron chi connectivity index (χ2n) is 7.59. The minimum absolute atomic E-state index is 0.0816. The third kappa shape index (κ3) is 5.04. The maximum Gasteiger partial charge on any atom is 0.331 e. The van der Waals surface area contributed by atoms with E-state index in [-0.39, 0.29) is 30.2 Å². The molecule has 0 fully saturated rings. The van der Waals surface area contributed by atoms with E-state index in [1.807, 2.05) is 30.3 Å². The van der Waals surface area contributed by atoms with Crippen molar-refractivity contribution in [2.45, 2.75) is 26.1 Å². The third-order valence-corrected chi connectivity index (χ3v) is 5.74. The number of nitrogens with one attached hydrogen (secondary N) is 1. The lowest BCUT2D eigenvalue weighted by Gasteiger charge is -2.14. The average Bonchev–Trinajstić information content (AvgIpc) is 2.82. The summed E-state index contributed by atoms with van der Waals surface area (Å²) in [6.45, 7) is 0.00136. The molecular formula is C25H21ClFN3O3. The van der Waals surface area contributed by atoms with Crippen molar-refractivity contribution in [3.8, 4) is 0 Å². The van der Waals surface area contributed by atoms with Crippen LogP contribution in [0.15, 0.2) is 82.4 Å². The Morgan fingerprint density at radius 1 is 0.939 bits per heavy atom. The number of rotatable bonds is 7. The Hall–Kier alpha value is -3.71. The minimum atomic E-state index is -0.551. The fraction of sp³-hybridized carbons (Fsp3) is 0.160. The molecule has 1 N–H and O–H groups in total. The van der Waals surface area contributed by atoms with Crippen LogP contribution in [0.2, 0.25) is 5.02 Å². The van der Waals surface area contributed by atoms with Crippen molar-refractivity contribution in [2.75, 3.05) is 0 Å². The number of aryl methyl sites for hydroxylation is 1. The number of carbonyl (C=O) groups excluding carboxylic acids is 1. The van der Waals surface area contributed by atoms with Gasteiger partial charge in [-0.15, -0.1) is 0 Å². The molecule has 0 saturated carbocycles. The average molecular weight is 466 g/mol. The summed E-state index contributed by atoms with van der Waals surface area (Å²) < 4.78 is 15.7. The molecule has 1 aromatic heterocycles. The van der Waals surface area contributed by atoms with Crippen LogP contribution in [0.5, 0.6) is 0 Å². The van der Waals surface area contributed by atoms with Crippen LogP contribution in [0.25, 0.3) is 10.9 Å². The van der Waals surface area contributed by atoms with Gasteiger partial charge >= 0.3 is 5.69 Å². The smallest absolute Gasteiger partial charge is 0.331 e. The molecule has 0 unspecified atom stereocenters. The Bertz CT molecular complexity index is 1430. The molecule has 0 aliphatic rings. The lowest BCUT2D eigenvalue weighted by molar-refractivity contribution is -0.121. The largest absolute Gasteiger partial charge is 0.350 e. The minimum Gasteiger partial charge on any atom is -0.350 e. The molecule has 1 amide bonds. The summed E-state index contributed by atoms with van der Waals surface area (Å²) in [4.78, 5) is 38.9. The first-order valence-electron chi connectivity index (χ1n) is 10.4. The Morgan fingerprint density at radius 2 is 1.67 bits per heavy atom. The topological polar surface area (TPSA) is 73.1 Å². The summed E-state index contributed by atoms with van der Waals surface area (Å²) in [5, 5.41) is 3.26. The van der Waals surface area contributed by atoms with E-state index in [1.54, 1.807) is 24.3 Å². The zero-order valence-corrected chi connectivity index (χ0v) is 18.4. The summed E-state index contributed by atoms with van der Waals surface area (Å²) in [6, 6.07) is 20.2. The second-order valence-corrected chi connectivity index (χ2v) is 8.00. The summed E-state index contributed by atoms with van der Waals surface area (Å²) in [5.41, 5.74) is 0.998. The molecule has 0 spiro atoms. The van der Waals surface area contributed by atoms with Crippen LogP contribution in [-0.4, -0.2) is 15.0 Å². The summed E-state index contributed by atoms with van der Waals surface area (Å²) >= 11 is 6.02. The summed E-state index contributed by atoms with van der Waals surface area (Å²) in [5.74, 6) is -0.901. The highest BCUT2D eigenvalue weighted by Gasteiger charge is 2.15. The van der Waals surface area contributed by atoms with Crippen LogP contribution in [0.4, 0.5) is 4.39 Å². The Labute approximate surface area is 193 Å². The number of benzene rings is 3. The van der Waals surface area contributed by atoms with Crippen LogP contribution in [-0.2, 0) is 30.8 Å². The van der Waals surface area contributed by atoms with Crippen LogP contribution >= 0.6 is 11.6 Å². The van der Waals surface area contributed by atoms with Gasteiger partial charge in [0.15, 0.2) is 0 Å². The highest BCUT2D eigenvalue weighted by atomic mass is 35.5. The molecule has 0 aliphatic heterocycles. The molecule has 0 radical (unpaired) electrons. The van der Waals surface area contributed by atoms with Crippen LogP contribution < -0.4 is 16.6 Å². The van der Waals surface area contributed by atoms with Crippen LogP contribution in [0.1, 0.15) is 11.1 Å². The van der Waals surface area contributed by atoms with E-state index in [0.717, 1.165) is 5.56 Å². The van der Waals surface area contributed by atoms with E-state index in [4.69, 9.17) is 11.6 Å². The predicted octanol–water partition coefficient (Wildman–Crippen LogP) is 3.51. The Balaban J connectivity index is 1.61. The van der Waals surface area contributed by atoms with Gasteiger partial charge in [-0.05, 0) is 41.8 Å². The molecule has 3 aromatic carbocycles. The zero-order valence-electron chi connectivity index (χ0n) is 17.6. The van der Waals surface area contributed by atoms with E-state index in [0.29, 0.717) is 22.9 Å². The number of fused-ring (bicyclic) bond motifs is 1. The van der Waals surface area contributed by atoms with E-state index in [2.05, 4.69) is 5.32 Å². The number of aromatic nitrogens is 2. The fourth-order valence-corrected chi connectivity index (χ4v) is 3.90. The van der Waals surface area contributed by atoms with Crippen molar-refractivity contribution in [2.24, 2.45) is 0 Å². The highest BCUT2D eigenvalue weighted by Crippen LogP contribution is 2.17. The zero-order chi connectivity index (χ0) is 23.4. The molecule has 8 heteroatoms. The Morgan fingerprint density at radius 3 is 2.42 bits per heavy atom. The molecule has 4 aromatic rings. The number of carbonyl (C=O) groups is 1. The number of hydrogen-bond acceptors (Lipinski definition) is 3. The lowest BCUT2D eigenvalue weighted by Crippen LogP contribution is -2.43. The van der Waals surface area contributed by atoms with Crippen molar-refractivity contribution >= 4 is 28.4 Å². The van der Waals surface area contributed by atoms with Crippen molar-refractivity contribution < 1.29 is 9.18 Å². The van der Waals surface area contributed by atoms with Gasteiger partial charge in [0.2, 0.25) is 5.91 Å². The summed E-state index contributed by atoms with van der Waals surface area (Å²) in [6.07, 6.45) is 0.504. The molecule has 33 heavy (non-hydrogen) atoms. The highest BCUT2D eigenvalue weighted by molar-refractivity contribution is 6.31. The molecule has 1 heterocycles. The first-order valence-corrected chi connectivity index (χ1v) is 10.8. The fourth-order valence-electron chi connectivity index (χ4n) is 3.66. The van der Waals surface area contributed by atoms with Crippen molar-refractivity contribution in [1.29, 1.82) is 0 Å². The maximum absolute atomic E-state index is 13.2. The van der Waals surface area contributed by atoms with E-state index < -0.39 is 17.4 Å². The number of nitrogens with zero attached hydrogens (tertiary/aromatic N) is 2. The van der Waals surface area contributed by atoms with Crippen molar-refractivity contribution in [3.05, 3.63) is 116 Å². The van der Waals surface area contributed by atoms with Crippen LogP contribution in [0.3, 0.4) is 0 Å². The summed E-state index contributed by atoms with van der Waals surface area (Å²) in [7, 11) is 0. The molecule has 0 atom stereocenters.